The predicted octanol–water partition coefficient (Wildman–Crippen LogP) is 7.88. The summed E-state index contributed by atoms with van der Waals surface area (Å²) < 4.78 is 14.1. The number of ether oxygens (including phenoxy) is 2. The van der Waals surface area contributed by atoms with E-state index in [-0.39, 0.29) is 23.4 Å². The number of rotatable bonds is 3. The van der Waals surface area contributed by atoms with Crippen molar-refractivity contribution < 1.29 is 49.7 Å². The van der Waals surface area contributed by atoms with E-state index in [1.807, 2.05) is 0 Å². The minimum atomic E-state index is -2.27. The minimum Gasteiger partial charge on any atom is -0.479 e. The molecule has 390 valence electrons. The second-order valence-electron chi connectivity index (χ2n) is 25.9. The molecule has 0 unspecified atom stereocenters. The van der Waals surface area contributed by atoms with Crippen molar-refractivity contribution in [2.24, 2.45) is 70.0 Å². The fraction of sp³-hybridized carbons (Fsp3) is 0.828. The Morgan fingerprint density at radius 3 is 1.37 bits per heavy atom. The summed E-state index contributed by atoms with van der Waals surface area (Å²) in [6, 6.07) is 1.06. The van der Waals surface area contributed by atoms with Crippen LogP contribution in [-0.4, -0.2) is 116 Å². The van der Waals surface area contributed by atoms with Gasteiger partial charge in [-0.25, -0.2) is 9.59 Å². The van der Waals surface area contributed by atoms with Crippen LogP contribution in [0.1, 0.15) is 158 Å². The predicted molar refractivity (Wildman–Crippen MR) is 267 cm³/mol. The molecular formula is C58H88N2O10. The molecule has 0 aromatic rings. The van der Waals surface area contributed by atoms with E-state index in [4.69, 9.17) is 29.9 Å². The number of allylic oxidation sites excluding steroid dienone is 4. The number of fused-ring (bicyclic) bond motifs is 12. The number of carbonyl (C=O) groups is 2. The minimum absolute atomic E-state index is 0.0222. The first-order valence-corrected chi connectivity index (χ1v) is 27.9. The van der Waals surface area contributed by atoms with Gasteiger partial charge in [0.15, 0.2) is 12.2 Å². The second kappa shape index (κ2) is 18.7. The van der Waals surface area contributed by atoms with Gasteiger partial charge in [0.2, 0.25) is 0 Å². The Hall–Kier alpha value is -2.42. The number of hydrogen-bond donors (Lipinski definition) is 8. The Labute approximate surface area is 417 Å². The van der Waals surface area contributed by atoms with Crippen molar-refractivity contribution in [2.45, 2.75) is 218 Å². The number of carboxylic acid groups (broad SMARTS) is 2. The van der Waals surface area contributed by atoms with E-state index in [0.29, 0.717) is 47.0 Å². The first-order valence-electron chi connectivity index (χ1n) is 27.9. The quantitative estimate of drug-likeness (QED) is 0.128. The molecule has 0 amide bonds. The van der Waals surface area contributed by atoms with E-state index in [2.05, 4.69) is 78.2 Å². The highest BCUT2D eigenvalue weighted by molar-refractivity contribution is 5.83. The molecular weight excluding hydrogens is 885 g/mol. The van der Waals surface area contributed by atoms with Crippen LogP contribution in [0.15, 0.2) is 45.6 Å². The van der Waals surface area contributed by atoms with Crippen LogP contribution in [0.25, 0.3) is 0 Å². The van der Waals surface area contributed by atoms with Gasteiger partial charge in [0, 0.05) is 23.9 Å². The molecule has 0 aromatic heterocycles. The molecule has 8 aliphatic carbocycles. The van der Waals surface area contributed by atoms with Crippen molar-refractivity contribution in [3.8, 4) is 0 Å². The van der Waals surface area contributed by atoms with Crippen molar-refractivity contribution in [2.75, 3.05) is 13.1 Å². The van der Waals surface area contributed by atoms with Crippen molar-refractivity contribution in [3.05, 3.63) is 45.6 Å². The molecule has 4 saturated heterocycles. The second-order valence-corrected chi connectivity index (χ2v) is 25.9. The Kier molecular flexibility index (Phi) is 13.7. The highest BCUT2D eigenvalue weighted by Gasteiger charge is 2.63. The molecule has 0 bridgehead atoms. The smallest absolute Gasteiger partial charge is 0.335 e. The molecule has 12 rings (SSSR count). The summed E-state index contributed by atoms with van der Waals surface area (Å²) in [6.45, 7) is 21.9. The molecule has 12 heteroatoms. The van der Waals surface area contributed by atoms with Crippen LogP contribution in [0.2, 0.25) is 0 Å². The Balaban J connectivity index is 0.000000136. The summed E-state index contributed by atoms with van der Waals surface area (Å²) >= 11 is 0. The molecule has 70 heavy (non-hydrogen) atoms. The van der Waals surface area contributed by atoms with E-state index < -0.39 is 24.1 Å². The monoisotopic (exact) mass is 973 g/mol. The van der Waals surface area contributed by atoms with Crippen LogP contribution in [-0.2, 0) is 19.1 Å². The number of hydrogen-bond acceptors (Lipinski definition) is 10. The van der Waals surface area contributed by atoms with Crippen molar-refractivity contribution in [1.29, 1.82) is 0 Å². The van der Waals surface area contributed by atoms with E-state index >= 15 is 0 Å². The van der Waals surface area contributed by atoms with Crippen LogP contribution in [0.4, 0.5) is 0 Å². The molecule has 2 spiro atoms. The zero-order valence-corrected chi connectivity index (χ0v) is 43.6. The van der Waals surface area contributed by atoms with Gasteiger partial charge in [0.1, 0.15) is 0 Å². The van der Waals surface area contributed by atoms with E-state index in [0.717, 1.165) is 86.1 Å². The maximum absolute atomic E-state index is 10.3. The number of aliphatic carboxylic acids is 2. The summed E-state index contributed by atoms with van der Waals surface area (Å²) in [5.41, 5.74) is 10.5. The zero-order chi connectivity index (χ0) is 50.0. The van der Waals surface area contributed by atoms with Crippen LogP contribution in [0.5, 0.6) is 0 Å². The number of aliphatic hydroxyl groups is 4. The molecule has 4 heterocycles. The maximum Gasteiger partial charge on any atom is 0.335 e. The van der Waals surface area contributed by atoms with Gasteiger partial charge in [0.05, 0.1) is 35.6 Å². The summed E-state index contributed by atoms with van der Waals surface area (Å²) in [6.07, 6.45) is 19.8. The molecule has 12 nitrogen and oxygen atoms in total. The average molecular weight is 973 g/mol. The number of piperidine rings is 2. The van der Waals surface area contributed by atoms with E-state index in [9.17, 15) is 19.8 Å². The summed E-state index contributed by atoms with van der Waals surface area (Å²) in [4.78, 5) is 19.5. The van der Waals surface area contributed by atoms with E-state index in [1.54, 1.807) is 33.4 Å². The number of nitrogens with one attached hydrogen (secondary N) is 2. The molecule has 0 aromatic carbocycles. The van der Waals surface area contributed by atoms with Crippen LogP contribution in [0, 0.1) is 70.0 Å². The third kappa shape index (κ3) is 8.12. The third-order valence-corrected chi connectivity index (χ3v) is 22.6. The largest absolute Gasteiger partial charge is 0.479 e. The van der Waals surface area contributed by atoms with Gasteiger partial charge >= 0.3 is 11.9 Å². The first kappa shape index (κ1) is 51.1. The Morgan fingerprint density at radius 2 is 1.00 bits per heavy atom. The van der Waals surface area contributed by atoms with Crippen molar-refractivity contribution in [1.82, 2.24) is 10.6 Å². The summed E-state index contributed by atoms with van der Waals surface area (Å²) in [5, 5.41) is 60.8. The summed E-state index contributed by atoms with van der Waals surface area (Å²) in [7, 11) is 0. The lowest BCUT2D eigenvalue weighted by Gasteiger charge is -2.49. The molecule has 8 N–H and O–H groups in total. The van der Waals surface area contributed by atoms with E-state index in [1.165, 1.54) is 77.0 Å². The van der Waals surface area contributed by atoms with Crippen LogP contribution < -0.4 is 10.6 Å². The summed E-state index contributed by atoms with van der Waals surface area (Å²) in [5.74, 6) is 3.75. The van der Waals surface area contributed by atoms with Gasteiger partial charge in [0.25, 0.3) is 0 Å². The SMILES string of the molecule is CC1=C2C[C@H]3[C@@H](CC=C4C[C@@H](O)CC[C@@]43C)[C@@H]2CC[C@]12O[C@@H]1C[C@H](C)CN[C@H]1[C@H]2C.CC1=C2C[C@H]3[C@@H](CC=C4C[C@@H](O)CC[C@@]43C)[C@@H]2CC[C@]12O[C@@H]1C[C@H](C)CN[C@H]1[C@H]2C.O=C(O)[C@H](O)[C@@H](O)C(=O)O. The number of carboxylic acids is 2. The maximum atomic E-state index is 10.3. The third-order valence-electron chi connectivity index (χ3n) is 22.6. The Bertz CT molecular complexity index is 2040. The fourth-order valence-electron chi connectivity index (χ4n) is 18.4. The molecule has 4 aliphatic heterocycles. The number of aliphatic hydroxyl groups excluding tert-OH is 4. The molecule has 12 aliphatic rings. The standard InChI is InChI=1S/2C27H41NO2.C4H6O6/c2*1-15-11-24-25(28-14-15)17(3)27(30-24)10-8-20-21-6-5-18-12-19(29)7-9-26(18,4)23(21)13-22(20)16(27)2;5-1(3(7)8)2(6)4(9)10/h2*5,15,17,19-21,23-25,28-29H,6-14H2,1-4H3;1-2,5-6H,(H,7,8)(H,9,10)/t2*15-,17+,19-,20-,21-,23-,24+,25-,26-,27-;1-,2-/m001/s1. The molecule has 4 saturated carbocycles. The molecule has 0 radical (unpaired) electrons. The lowest BCUT2D eigenvalue weighted by atomic mass is 9.56. The highest BCUT2D eigenvalue weighted by atomic mass is 16.5. The normalized spacial score (nSPS) is 49.4. The van der Waals surface area contributed by atoms with Crippen molar-refractivity contribution in [3.63, 3.8) is 0 Å². The van der Waals surface area contributed by atoms with Gasteiger partial charge in [-0.1, -0.05) is 76.0 Å². The highest BCUT2D eigenvalue weighted by Crippen LogP contribution is 2.67. The van der Waals surface area contributed by atoms with Gasteiger partial charge in [-0.2, -0.15) is 0 Å². The Morgan fingerprint density at radius 1 is 0.614 bits per heavy atom. The molecule has 8 fully saturated rings. The van der Waals surface area contributed by atoms with Crippen LogP contribution >= 0.6 is 0 Å². The fourth-order valence-corrected chi connectivity index (χ4v) is 18.4. The zero-order valence-electron chi connectivity index (χ0n) is 43.6. The van der Waals surface area contributed by atoms with Gasteiger partial charge < -0.3 is 50.7 Å². The lowest BCUT2D eigenvalue weighted by Crippen LogP contribution is -2.49. The van der Waals surface area contributed by atoms with Crippen molar-refractivity contribution >= 4 is 11.9 Å². The topological polar surface area (TPSA) is 198 Å². The van der Waals surface area contributed by atoms with Crippen LogP contribution in [0.3, 0.4) is 0 Å². The van der Waals surface area contributed by atoms with Gasteiger partial charge in [-0.15, -0.1) is 0 Å². The first-order chi connectivity index (χ1) is 33.1. The van der Waals surface area contributed by atoms with Gasteiger partial charge in [-0.05, 0) is 199 Å². The van der Waals surface area contributed by atoms with Gasteiger partial charge in [-0.3, -0.25) is 0 Å². The lowest BCUT2D eigenvalue weighted by molar-refractivity contribution is -0.165. The average Bonchev–Trinajstić information content (AvgIpc) is 4.06. The molecule has 22 atom stereocenters.